The van der Waals surface area contributed by atoms with Crippen molar-refractivity contribution in [3.05, 3.63) is 50.6 Å². The van der Waals surface area contributed by atoms with Gasteiger partial charge in [0, 0.05) is 30.4 Å². The minimum absolute atomic E-state index is 0.607. The molecular formula is C16H18BrNO2S. The molecule has 0 aliphatic carbocycles. The van der Waals surface area contributed by atoms with Crippen LogP contribution in [0.1, 0.15) is 11.1 Å². The highest BCUT2D eigenvalue weighted by Crippen LogP contribution is 2.29. The molecule has 1 aromatic carbocycles. The molecule has 0 bridgehead atoms. The lowest BCUT2D eigenvalue weighted by Gasteiger charge is -2.27. The molecule has 2 heterocycles. The Morgan fingerprint density at radius 2 is 1.90 bits per heavy atom. The summed E-state index contributed by atoms with van der Waals surface area (Å²) in [5.74, 6) is 0.918. The summed E-state index contributed by atoms with van der Waals surface area (Å²) in [6, 6.07) is 8.51. The van der Waals surface area contributed by atoms with Crippen LogP contribution in [0.15, 0.2) is 39.5 Å². The molecule has 0 N–H and O–H groups in total. The summed E-state index contributed by atoms with van der Waals surface area (Å²) in [5.41, 5.74) is 2.59. The van der Waals surface area contributed by atoms with Crippen LogP contribution in [-0.2, 0) is 17.9 Å². The zero-order chi connectivity index (χ0) is 14.5. The molecular weight excluding hydrogens is 350 g/mol. The first-order chi connectivity index (χ1) is 10.3. The second-order valence-corrected chi connectivity index (χ2v) is 6.63. The number of hydrogen-bond donors (Lipinski definition) is 0. The van der Waals surface area contributed by atoms with E-state index in [1.807, 2.05) is 10.8 Å². The number of thiophene rings is 1. The van der Waals surface area contributed by atoms with E-state index in [9.17, 15) is 0 Å². The highest BCUT2D eigenvalue weighted by Gasteiger charge is 2.13. The lowest BCUT2D eigenvalue weighted by molar-refractivity contribution is 0.0339. The maximum Gasteiger partial charge on any atom is 0.144 e. The van der Waals surface area contributed by atoms with E-state index in [4.69, 9.17) is 9.47 Å². The Bertz CT molecular complexity index is 581. The van der Waals surface area contributed by atoms with E-state index in [2.05, 4.69) is 45.1 Å². The minimum Gasteiger partial charge on any atom is -0.487 e. The molecule has 0 atom stereocenters. The minimum atomic E-state index is 0.607. The summed E-state index contributed by atoms with van der Waals surface area (Å²) in [5, 5.41) is 4.06. The van der Waals surface area contributed by atoms with Crippen LogP contribution in [0.25, 0.3) is 0 Å². The normalized spacial score (nSPS) is 16.0. The molecule has 0 radical (unpaired) electrons. The van der Waals surface area contributed by atoms with Gasteiger partial charge in [0.2, 0.25) is 0 Å². The third kappa shape index (κ3) is 4.07. The van der Waals surface area contributed by atoms with Crippen molar-refractivity contribution >= 4 is 27.3 Å². The van der Waals surface area contributed by atoms with Crippen LogP contribution in [0.5, 0.6) is 5.75 Å². The number of nitrogens with zero attached hydrogens (tertiary/aromatic N) is 1. The Hall–Kier alpha value is -0.880. The summed E-state index contributed by atoms with van der Waals surface area (Å²) in [7, 11) is 0. The first-order valence-electron chi connectivity index (χ1n) is 7.04. The fourth-order valence-corrected chi connectivity index (χ4v) is 3.71. The Morgan fingerprint density at radius 1 is 1.14 bits per heavy atom. The predicted octanol–water partition coefficient (Wildman–Crippen LogP) is 3.92. The molecule has 1 fully saturated rings. The SMILES string of the molecule is Brc1cscc1OCc1ccccc1CN1CCOCC1. The number of hydrogen-bond acceptors (Lipinski definition) is 4. The topological polar surface area (TPSA) is 21.7 Å². The van der Waals surface area contributed by atoms with Crippen molar-refractivity contribution in [2.75, 3.05) is 26.3 Å². The van der Waals surface area contributed by atoms with E-state index in [0.29, 0.717) is 6.61 Å². The number of rotatable bonds is 5. The zero-order valence-corrected chi connectivity index (χ0v) is 14.2. The van der Waals surface area contributed by atoms with E-state index in [1.165, 1.54) is 11.1 Å². The van der Waals surface area contributed by atoms with Gasteiger partial charge in [-0.3, -0.25) is 4.90 Å². The first-order valence-corrected chi connectivity index (χ1v) is 8.78. The van der Waals surface area contributed by atoms with Crippen LogP contribution >= 0.6 is 27.3 Å². The van der Waals surface area contributed by atoms with Crippen molar-refractivity contribution in [2.45, 2.75) is 13.2 Å². The van der Waals surface area contributed by atoms with Gasteiger partial charge in [0.15, 0.2) is 0 Å². The fourth-order valence-electron chi connectivity index (χ4n) is 2.38. The summed E-state index contributed by atoms with van der Waals surface area (Å²) in [6.45, 7) is 5.25. The summed E-state index contributed by atoms with van der Waals surface area (Å²) < 4.78 is 12.3. The second-order valence-electron chi connectivity index (χ2n) is 5.03. The molecule has 2 aromatic rings. The average molecular weight is 368 g/mol. The largest absolute Gasteiger partial charge is 0.487 e. The van der Waals surface area contributed by atoms with Gasteiger partial charge in [-0.1, -0.05) is 24.3 Å². The van der Waals surface area contributed by atoms with E-state index >= 15 is 0 Å². The molecule has 0 amide bonds. The number of morpholine rings is 1. The summed E-state index contributed by atoms with van der Waals surface area (Å²) in [4.78, 5) is 2.43. The molecule has 0 spiro atoms. The quantitative estimate of drug-likeness (QED) is 0.799. The Morgan fingerprint density at radius 3 is 2.62 bits per heavy atom. The van der Waals surface area contributed by atoms with Gasteiger partial charge in [-0.2, -0.15) is 0 Å². The molecule has 0 saturated carbocycles. The van der Waals surface area contributed by atoms with E-state index in [0.717, 1.165) is 43.1 Å². The fraction of sp³-hybridized carbons (Fsp3) is 0.375. The van der Waals surface area contributed by atoms with E-state index < -0.39 is 0 Å². The van der Waals surface area contributed by atoms with Crippen LogP contribution in [0.4, 0.5) is 0 Å². The van der Waals surface area contributed by atoms with Crippen molar-refractivity contribution in [3.8, 4) is 5.75 Å². The van der Waals surface area contributed by atoms with Crippen LogP contribution in [0, 0.1) is 0 Å². The molecule has 5 heteroatoms. The van der Waals surface area contributed by atoms with Crippen molar-refractivity contribution < 1.29 is 9.47 Å². The van der Waals surface area contributed by atoms with Crippen molar-refractivity contribution in [1.82, 2.24) is 4.90 Å². The predicted molar refractivity (Wildman–Crippen MR) is 88.9 cm³/mol. The standard InChI is InChI=1S/C16H18BrNO2S/c17-15-11-21-12-16(15)20-10-14-4-2-1-3-13(14)9-18-5-7-19-8-6-18/h1-4,11-12H,5-10H2. The second kappa shape index (κ2) is 7.40. The van der Waals surface area contributed by atoms with Crippen LogP contribution in [0.2, 0.25) is 0 Å². The molecule has 112 valence electrons. The number of benzene rings is 1. The van der Waals surface area contributed by atoms with Gasteiger partial charge < -0.3 is 9.47 Å². The molecule has 3 rings (SSSR count). The highest BCUT2D eigenvalue weighted by atomic mass is 79.9. The zero-order valence-electron chi connectivity index (χ0n) is 11.8. The van der Waals surface area contributed by atoms with Gasteiger partial charge in [-0.15, -0.1) is 11.3 Å². The molecule has 3 nitrogen and oxygen atoms in total. The maximum absolute atomic E-state index is 5.91. The monoisotopic (exact) mass is 367 g/mol. The van der Waals surface area contributed by atoms with Crippen LogP contribution < -0.4 is 4.74 Å². The summed E-state index contributed by atoms with van der Waals surface area (Å²) in [6.07, 6.45) is 0. The molecule has 1 saturated heterocycles. The van der Waals surface area contributed by atoms with Gasteiger partial charge in [-0.05, 0) is 27.1 Å². The Balaban J connectivity index is 1.65. The highest BCUT2D eigenvalue weighted by molar-refractivity contribution is 9.10. The van der Waals surface area contributed by atoms with Gasteiger partial charge in [-0.25, -0.2) is 0 Å². The van der Waals surface area contributed by atoms with Gasteiger partial charge in [0.1, 0.15) is 12.4 Å². The van der Waals surface area contributed by atoms with Crippen LogP contribution in [0.3, 0.4) is 0 Å². The molecule has 1 aliphatic heterocycles. The van der Waals surface area contributed by atoms with E-state index in [-0.39, 0.29) is 0 Å². The van der Waals surface area contributed by atoms with Crippen molar-refractivity contribution in [1.29, 1.82) is 0 Å². The molecule has 1 aromatic heterocycles. The van der Waals surface area contributed by atoms with Crippen molar-refractivity contribution in [2.24, 2.45) is 0 Å². The van der Waals surface area contributed by atoms with Gasteiger partial charge >= 0.3 is 0 Å². The first kappa shape index (κ1) is 15.0. The number of ether oxygens (including phenoxy) is 2. The Kier molecular flexibility index (Phi) is 5.30. The lowest BCUT2D eigenvalue weighted by atomic mass is 10.1. The maximum atomic E-state index is 5.91. The lowest BCUT2D eigenvalue weighted by Crippen LogP contribution is -2.35. The third-order valence-electron chi connectivity index (χ3n) is 3.58. The molecule has 0 unspecified atom stereocenters. The summed E-state index contributed by atoms with van der Waals surface area (Å²) >= 11 is 5.14. The molecule has 1 aliphatic rings. The van der Waals surface area contributed by atoms with E-state index in [1.54, 1.807) is 11.3 Å². The number of halogens is 1. The Labute approximate surface area is 137 Å². The average Bonchev–Trinajstić information content (AvgIpc) is 2.93. The van der Waals surface area contributed by atoms with Crippen LogP contribution in [-0.4, -0.2) is 31.2 Å². The molecule has 21 heavy (non-hydrogen) atoms. The van der Waals surface area contributed by atoms with Gasteiger partial charge in [0.25, 0.3) is 0 Å². The van der Waals surface area contributed by atoms with Gasteiger partial charge in [0.05, 0.1) is 17.7 Å². The van der Waals surface area contributed by atoms with Crippen molar-refractivity contribution in [3.63, 3.8) is 0 Å². The smallest absolute Gasteiger partial charge is 0.144 e. The third-order valence-corrected chi connectivity index (χ3v) is 5.23.